The molecule has 1 N–H and O–H groups in total. The number of nitrogens with zero attached hydrogens (tertiary/aromatic N) is 1. The summed E-state index contributed by atoms with van der Waals surface area (Å²) in [5, 5.41) is 2.97. The van der Waals surface area contributed by atoms with Crippen LogP contribution in [0.5, 0.6) is 5.75 Å². The monoisotopic (exact) mass is 570 g/mol. The van der Waals surface area contributed by atoms with Crippen molar-refractivity contribution in [3.05, 3.63) is 97.8 Å². The van der Waals surface area contributed by atoms with E-state index >= 15 is 0 Å². The molecule has 4 rings (SSSR count). The Bertz CT molecular complexity index is 1340. The number of carbonyl (C=O) groups is 3. The summed E-state index contributed by atoms with van der Waals surface area (Å²) in [6.45, 7) is 1.87. The van der Waals surface area contributed by atoms with Gasteiger partial charge in [-0.2, -0.15) is 0 Å². The van der Waals surface area contributed by atoms with Crippen LogP contribution in [-0.4, -0.2) is 28.6 Å². The van der Waals surface area contributed by atoms with Crippen molar-refractivity contribution in [3.63, 3.8) is 0 Å². The first-order chi connectivity index (χ1) is 16.8. The zero-order chi connectivity index (χ0) is 24.9. The van der Waals surface area contributed by atoms with Crippen LogP contribution in [0, 0.1) is 6.92 Å². The molecule has 3 amide bonds. The Labute approximate surface area is 220 Å². The molecule has 1 heterocycles. The summed E-state index contributed by atoms with van der Waals surface area (Å²) >= 11 is 10.5. The number of thioether (sulfide) groups is 1. The van der Waals surface area contributed by atoms with Crippen molar-refractivity contribution < 1.29 is 19.1 Å². The second kappa shape index (κ2) is 11.1. The zero-order valence-corrected chi connectivity index (χ0v) is 21.7. The van der Waals surface area contributed by atoms with Gasteiger partial charge >= 0.3 is 0 Å². The molecule has 1 saturated heterocycles. The van der Waals surface area contributed by atoms with E-state index in [-0.39, 0.29) is 30.2 Å². The van der Waals surface area contributed by atoms with E-state index in [2.05, 4.69) is 21.2 Å². The molecule has 0 radical (unpaired) electrons. The molecule has 178 valence electrons. The Morgan fingerprint density at radius 2 is 1.86 bits per heavy atom. The second-order valence-corrected chi connectivity index (χ2v) is 9.96. The number of ether oxygens (including phenoxy) is 1. The van der Waals surface area contributed by atoms with E-state index in [1.54, 1.807) is 42.5 Å². The molecule has 6 nitrogen and oxygen atoms in total. The van der Waals surface area contributed by atoms with Crippen LogP contribution < -0.4 is 10.1 Å². The van der Waals surface area contributed by atoms with Crippen LogP contribution in [0.3, 0.4) is 0 Å². The summed E-state index contributed by atoms with van der Waals surface area (Å²) in [4.78, 5) is 39.0. The van der Waals surface area contributed by atoms with E-state index < -0.39 is 0 Å². The van der Waals surface area contributed by atoms with Gasteiger partial charge in [0.05, 0.1) is 15.9 Å². The van der Waals surface area contributed by atoms with Gasteiger partial charge in [0, 0.05) is 10.7 Å². The highest BCUT2D eigenvalue weighted by Gasteiger charge is 2.35. The standard InChI is InChI=1S/C26H20BrClN2O4S/c1-16-6-2-5-9-21(16)29-24(31)15-34-22-11-10-17(12-19(22)27)13-23-25(32)30(26(33)35-23)14-18-7-3-4-8-20(18)28/h2-13H,14-15H2,1H3,(H,29,31)/b23-13-. The van der Waals surface area contributed by atoms with Crippen molar-refractivity contribution in [1.29, 1.82) is 0 Å². The molecule has 0 saturated carbocycles. The van der Waals surface area contributed by atoms with Gasteiger partial charge in [-0.1, -0.05) is 54.1 Å². The number of hydrogen-bond acceptors (Lipinski definition) is 5. The summed E-state index contributed by atoms with van der Waals surface area (Å²) in [5.41, 5.74) is 3.10. The summed E-state index contributed by atoms with van der Waals surface area (Å²) in [5.74, 6) is -0.166. The minimum Gasteiger partial charge on any atom is -0.483 e. The summed E-state index contributed by atoms with van der Waals surface area (Å²) in [7, 11) is 0. The maximum Gasteiger partial charge on any atom is 0.293 e. The van der Waals surface area contributed by atoms with E-state index in [9.17, 15) is 14.4 Å². The fourth-order valence-corrected chi connectivity index (χ4v) is 4.90. The number of aryl methyl sites for hydroxylation is 1. The molecular weight excluding hydrogens is 552 g/mol. The van der Waals surface area contributed by atoms with Crippen LogP contribution in [0.25, 0.3) is 6.08 Å². The first-order valence-electron chi connectivity index (χ1n) is 10.6. The molecule has 3 aromatic carbocycles. The Kier molecular flexibility index (Phi) is 7.95. The minimum atomic E-state index is -0.371. The lowest BCUT2D eigenvalue weighted by Gasteiger charge is -2.13. The maximum atomic E-state index is 12.8. The van der Waals surface area contributed by atoms with Crippen LogP contribution >= 0.6 is 39.3 Å². The number of hydrogen-bond donors (Lipinski definition) is 1. The molecule has 1 fully saturated rings. The molecule has 0 atom stereocenters. The third-order valence-corrected chi connectivity index (χ3v) is 7.09. The van der Waals surface area contributed by atoms with Crippen molar-refractivity contribution in [2.24, 2.45) is 0 Å². The van der Waals surface area contributed by atoms with Gasteiger partial charge in [-0.3, -0.25) is 19.3 Å². The van der Waals surface area contributed by atoms with Gasteiger partial charge in [-0.05, 0) is 81.6 Å². The maximum absolute atomic E-state index is 12.8. The molecule has 0 aromatic heterocycles. The minimum absolute atomic E-state index is 0.114. The summed E-state index contributed by atoms with van der Waals surface area (Å²) < 4.78 is 6.26. The van der Waals surface area contributed by atoms with Gasteiger partial charge in [0.15, 0.2) is 6.61 Å². The van der Waals surface area contributed by atoms with Gasteiger partial charge in [-0.25, -0.2) is 0 Å². The summed E-state index contributed by atoms with van der Waals surface area (Å²) in [6, 6.07) is 19.8. The molecule has 0 aliphatic carbocycles. The predicted molar refractivity (Wildman–Crippen MR) is 142 cm³/mol. The highest BCUT2D eigenvalue weighted by molar-refractivity contribution is 9.10. The Morgan fingerprint density at radius 1 is 1.11 bits per heavy atom. The first-order valence-corrected chi connectivity index (χ1v) is 12.6. The Balaban J connectivity index is 1.40. The molecule has 0 spiro atoms. The van der Waals surface area contributed by atoms with E-state index in [1.807, 2.05) is 37.3 Å². The van der Waals surface area contributed by atoms with Crippen LogP contribution in [0.4, 0.5) is 10.5 Å². The van der Waals surface area contributed by atoms with Gasteiger partial charge in [-0.15, -0.1) is 0 Å². The van der Waals surface area contributed by atoms with Crippen molar-refractivity contribution in [2.75, 3.05) is 11.9 Å². The van der Waals surface area contributed by atoms with Gasteiger partial charge in [0.1, 0.15) is 5.75 Å². The Hall–Kier alpha value is -3.07. The van der Waals surface area contributed by atoms with Crippen molar-refractivity contribution in [2.45, 2.75) is 13.5 Å². The number of para-hydroxylation sites is 1. The third kappa shape index (κ3) is 6.14. The molecule has 0 unspecified atom stereocenters. The fraction of sp³-hybridized carbons (Fsp3) is 0.115. The highest BCUT2D eigenvalue weighted by Crippen LogP contribution is 2.35. The normalized spacial score (nSPS) is 14.5. The molecule has 9 heteroatoms. The molecule has 0 bridgehead atoms. The van der Waals surface area contributed by atoms with Crippen molar-refractivity contribution in [3.8, 4) is 5.75 Å². The third-order valence-electron chi connectivity index (χ3n) is 5.19. The molecular formula is C26H20BrClN2O4S. The number of amides is 3. The number of rotatable bonds is 7. The Morgan fingerprint density at radius 3 is 2.60 bits per heavy atom. The number of halogens is 2. The van der Waals surface area contributed by atoms with E-state index in [1.165, 1.54) is 4.90 Å². The average molecular weight is 572 g/mol. The fourth-order valence-electron chi connectivity index (χ4n) is 3.35. The van der Waals surface area contributed by atoms with E-state index in [0.717, 1.165) is 23.0 Å². The average Bonchev–Trinajstić information content (AvgIpc) is 3.08. The van der Waals surface area contributed by atoms with Gasteiger partial charge < -0.3 is 10.1 Å². The molecule has 1 aliphatic heterocycles. The van der Waals surface area contributed by atoms with Crippen LogP contribution in [-0.2, 0) is 16.1 Å². The van der Waals surface area contributed by atoms with E-state index in [4.69, 9.17) is 16.3 Å². The first kappa shape index (κ1) is 25.0. The number of nitrogens with one attached hydrogen (secondary N) is 1. The lowest BCUT2D eigenvalue weighted by molar-refractivity contribution is -0.123. The SMILES string of the molecule is Cc1ccccc1NC(=O)COc1ccc(/C=C2\SC(=O)N(Cc3ccccc3Cl)C2=O)cc1Br. The topological polar surface area (TPSA) is 75.7 Å². The zero-order valence-electron chi connectivity index (χ0n) is 18.6. The second-order valence-electron chi connectivity index (χ2n) is 7.70. The predicted octanol–water partition coefficient (Wildman–Crippen LogP) is 6.66. The largest absolute Gasteiger partial charge is 0.483 e. The van der Waals surface area contributed by atoms with E-state index in [0.29, 0.717) is 31.3 Å². The summed E-state index contributed by atoms with van der Waals surface area (Å²) in [6.07, 6.45) is 1.65. The number of benzene rings is 3. The highest BCUT2D eigenvalue weighted by atomic mass is 79.9. The smallest absolute Gasteiger partial charge is 0.293 e. The number of imide groups is 1. The molecule has 3 aromatic rings. The molecule has 1 aliphatic rings. The lowest BCUT2D eigenvalue weighted by atomic mass is 10.2. The number of anilines is 1. The lowest BCUT2D eigenvalue weighted by Crippen LogP contribution is -2.27. The van der Waals surface area contributed by atoms with Crippen molar-refractivity contribution >= 4 is 68.1 Å². The van der Waals surface area contributed by atoms with Crippen LogP contribution in [0.1, 0.15) is 16.7 Å². The van der Waals surface area contributed by atoms with Gasteiger partial charge in [0.25, 0.3) is 17.1 Å². The quantitative estimate of drug-likeness (QED) is 0.321. The van der Waals surface area contributed by atoms with Crippen molar-refractivity contribution in [1.82, 2.24) is 4.90 Å². The van der Waals surface area contributed by atoms with Crippen LogP contribution in [0.15, 0.2) is 76.1 Å². The van der Waals surface area contributed by atoms with Gasteiger partial charge in [0.2, 0.25) is 0 Å². The number of carbonyl (C=O) groups excluding carboxylic acids is 3. The van der Waals surface area contributed by atoms with Crippen LogP contribution in [0.2, 0.25) is 5.02 Å². The molecule has 35 heavy (non-hydrogen) atoms.